The van der Waals surface area contributed by atoms with Crippen LogP contribution in [0.2, 0.25) is 0 Å². The third kappa shape index (κ3) is 4.34. The molecule has 3 nitrogen and oxygen atoms in total. The Morgan fingerprint density at radius 2 is 2.25 bits per heavy atom. The molecule has 1 saturated heterocycles. The van der Waals surface area contributed by atoms with E-state index in [9.17, 15) is 0 Å². The van der Waals surface area contributed by atoms with Crippen LogP contribution >= 0.6 is 11.8 Å². The minimum absolute atomic E-state index is 0.558. The van der Waals surface area contributed by atoms with E-state index in [1.807, 2.05) is 11.8 Å². The zero-order valence-electron chi connectivity index (χ0n) is 10.2. The molecular formula is C12H22N2OS. The first-order valence-electron chi connectivity index (χ1n) is 6.29. The van der Waals surface area contributed by atoms with E-state index >= 15 is 0 Å². The summed E-state index contributed by atoms with van der Waals surface area (Å²) in [5, 5.41) is 5.20. The number of nitrogens with one attached hydrogen (secondary N) is 1. The number of hydrogen-bond acceptors (Lipinski definition) is 3. The molecule has 2 rings (SSSR count). The fourth-order valence-electron chi connectivity index (χ4n) is 1.87. The molecule has 1 N–H and O–H groups in total. The number of nitrogens with zero attached hydrogens (tertiary/aromatic N) is 1. The summed E-state index contributed by atoms with van der Waals surface area (Å²) >= 11 is 1.85. The average molecular weight is 242 g/mol. The highest BCUT2D eigenvalue weighted by Gasteiger charge is 2.21. The highest BCUT2D eigenvalue weighted by atomic mass is 32.2. The number of thioether (sulfide) groups is 1. The first-order valence-corrected chi connectivity index (χ1v) is 7.17. The third-order valence-electron chi connectivity index (χ3n) is 2.91. The monoisotopic (exact) mass is 242 g/mol. The Hall–Kier alpha value is -0.220. The summed E-state index contributed by atoms with van der Waals surface area (Å²) < 4.78 is 5.56. The number of amidine groups is 1. The number of rotatable bonds is 5. The fraction of sp³-hybridized carbons (Fsp3) is 0.917. The predicted molar refractivity (Wildman–Crippen MR) is 70.1 cm³/mol. The van der Waals surface area contributed by atoms with Crippen molar-refractivity contribution in [3.05, 3.63) is 0 Å². The Morgan fingerprint density at radius 1 is 1.44 bits per heavy atom. The normalized spacial score (nSPS) is 32.8. The van der Waals surface area contributed by atoms with Crippen LogP contribution in [-0.4, -0.2) is 36.2 Å². The minimum Gasteiger partial charge on any atom is -0.379 e. The predicted octanol–water partition coefficient (Wildman–Crippen LogP) is 2.27. The van der Waals surface area contributed by atoms with Crippen LogP contribution in [0, 0.1) is 5.92 Å². The van der Waals surface area contributed by atoms with Gasteiger partial charge < -0.3 is 10.1 Å². The Labute approximate surface area is 102 Å². The van der Waals surface area contributed by atoms with E-state index in [-0.39, 0.29) is 0 Å². The SMILES string of the molecule is CC1CC(C)SC(=NCCOCC2CC2)N1. The Bertz CT molecular complexity index is 241. The fourth-order valence-corrected chi connectivity index (χ4v) is 3.07. The van der Waals surface area contributed by atoms with Crippen molar-refractivity contribution in [1.82, 2.24) is 5.32 Å². The Kier molecular flexibility index (Phi) is 4.53. The van der Waals surface area contributed by atoms with Gasteiger partial charge in [0, 0.05) is 17.9 Å². The molecule has 2 unspecified atom stereocenters. The van der Waals surface area contributed by atoms with E-state index in [4.69, 9.17) is 4.74 Å². The van der Waals surface area contributed by atoms with Crippen LogP contribution in [0.3, 0.4) is 0 Å². The van der Waals surface area contributed by atoms with Crippen molar-refractivity contribution in [3.8, 4) is 0 Å². The first-order chi connectivity index (χ1) is 7.74. The molecule has 0 amide bonds. The molecule has 2 fully saturated rings. The van der Waals surface area contributed by atoms with E-state index in [1.54, 1.807) is 0 Å². The molecule has 2 aliphatic rings. The second-order valence-corrected chi connectivity index (χ2v) is 6.34. The first kappa shape index (κ1) is 12.2. The lowest BCUT2D eigenvalue weighted by Gasteiger charge is -2.26. The van der Waals surface area contributed by atoms with Gasteiger partial charge in [0.2, 0.25) is 0 Å². The van der Waals surface area contributed by atoms with E-state index in [0.29, 0.717) is 11.3 Å². The van der Waals surface area contributed by atoms with Gasteiger partial charge in [0.1, 0.15) is 0 Å². The summed E-state index contributed by atoms with van der Waals surface area (Å²) in [6.45, 7) is 6.99. The van der Waals surface area contributed by atoms with Crippen molar-refractivity contribution in [2.45, 2.75) is 44.4 Å². The van der Waals surface area contributed by atoms with Crippen LogP contribution in [0.1, 0.15) is 33.1 Å². The largest absolute Gasteiger partial charge is 0.379 e. The molecule has 1 heterocycles. The molecule has 0 aromatic carbocycles. The zero-order chi connectivity index (χ0) is 11.4. The van der Waals surface area contributed by atoms with Crippen molar-refractivity contribution in [2.75, 3.05) is 19.8 Å². The van der Waals surface area contributed by atoms with Gasteiger partial charge in [-0.2, -0.15) is 0 Å². The lowest BCUT2D eigenvalue weighted by molar-refractivity contribution is 0.132. The van der Waals surface area contributed by atoms with Gasteiger partial charge in [-0.15, -0.1) is 0 Å². The van der Waals surface area contributed by atoms with Gasteiger partial charge in [0.05, 0.1) is 13.2 Å². The van der Waals surface area contributed by atoms with Crippen molar-refractivity contribution in [1.29, 1.82) is 0 Å². The quantitative estimate of drug-likeness (QED) is 0.751. The van der Waals surface area contributed by atoms with Crippen LogP contribution in [0.5, 0.6) is 0 Å². The second-order valence-electron chi connectivity index (χ2n) is 4.91. The molecule has 1 aliphatic carbocycles. The number of hydrogen-bond donors (Lipinski definition) is 1. The van der Waals surface area contributed by atoms with Gasteiger partial charge in [0.25, 0.3) is 0 Å². The van der Waals surface area contributed by atoms with Gasteiger partial charge in [-0.1, -0.05) is 18.7 Å². The molecule has 0 aromatic heterocycles. The maximum absolute atomic E-state index is 5.56. The molecule has 2 atom stereocenters. The molecule has 1 aliphatic heterocycles. The van der Waals surface area contributed by atoms with Crippen LogP contribution in [0.15, 0.2) is 4.99 Å². The zero-order valence-corrected chi connectivity index (χ0v) is 11.1. The smallest absolute Gasteiger partial charge is 0.157 e. The molecule has 16 heavy (non-hydrogen) atoms. The van der Waals surface area contributed by atoms with Crippen molar-refractivity contribution >= 4 is 16.9 Å². The molecular weight excluding hydrogens is 220 g/mol. The van der Waals surface area contributed by atoms with Gasteiger partial charge >= 0.3 is 0 Å². The average Bonchev–Trinajstić information content (AvgIpc) is 2.99. The Morgan fingerprint density at radius 3 is 2.94 bits per heavy atom. The summed E-state index contributed by atoms with van der Waals surface area (Å²) in [4.78, 5) is 4.54. The van der Waals surface area contributed by atoms with Crippen molar-refractivity contribution in [2.24, 2.45) is 10.9 Å². The summed E-state index contributed by atoms with van der Waals surface area (Å²) in [5.41, 5.74) is 0. The highest BCUT2D eigenvalue weighted by Crippen LogP contribution is 2.28. The second kappa shape index (κ2) is 5.92. The molecule has 92 valence electrons. The molecule has 1 saturated carbocycles. The summed E-state index contributed by atoms with van der Waals surface area (Å²) in [6.07, 6.45) is 3.95. The van der Waals surface area contributed by atoms with Gasteiger partial charge in [-0.25, -0.2) is 0 Å². The molecule has 0 aromatic rings. The van der Waals surface area contributed by atoms with E-state index in [1.165, 1.54) is 19.3 Å². The summed E-state index contributed by atoms with van der Waals surface area (Å²) in [5.74, 6) is 0.856. The van der Waals surface area contributed by atoms with Crippen LogP contribution in [-0.2, 0) is 4.74 Å². The molecule has 0 spiro atoms. The van der Waals surface area contributed by atoms with Gasteiger partial charge in [0.15, 0.2) is 5.17 Å². The number of ether oxygens (including phenoxy) is 1. The lowest BCUT2D eigenvalue weighted by atomic mass is 10.2. The Balaban J connectivity index is 1.61. The van der Waals surface area contributed by atoms with E-state index in [2.05, 4.69) is 24.2 Å². The standard InChI is InChI=1S/C12H22N2OS/c1-9-7-10(2)16-12(14-9)13-5-6-15-8-11-3-4-11/h9-11H,3-8H2,1-2H3,(H,13,14). The minimum atomic E-state index is 0.558. The maximum Gasteiger partial charge on any atom is 0.157 e. The van der Waals surface area contributed by atoms with Crippen LogP contribution in [0.25, 0.3) is 0 Å². The van der Waals surface area contributed by atoms with Gasteiger partial charge in [-0.3, -0.25) is 4.99 Å². The van der Waals surface area contributed by atoms with Crippen molar-refractivity contribution < 1.29 is 4.74 Å². The van der Waals surface area contributed by atoms with Crippen LogP contribution < -0.4 is 5.32 Å². The maximum atomic E-state index is 5.56. The summed E-state index contributed by atoms with van der Waals surface area (Å²) in [7, 11) is 0. The number of aliphatic imine (C=N–C) groups is 1. The molecule has 0 radical (unpaired) electrons. The summed E-state index contributed by atoms with van der Waals surface area (Å²) in [6, 6.07) is 0.558. The third-order valence-corrected chi connectivity index (χ3v) is 3.97. The van der Waals surface area contributed by atoms with E-state index in [0.717, 1.165) is 30.8 Å². The molecule has 4 heteroatoms. The topological polar surface area (TPSA) is 33.6 Å². The van der Waals surface area contributed by atoms with Crippen LogP contribution in [0.4, 0.5) is 0 Å². The molecule has 0 bridgehead atoms. The van der Waals surface area contributed by atoms with Gasteiger partial charge in [-0.05, 0) is 32.1 Å². The van der Waals surface area contributed by atoms with Crippen molar-refractivity contribution in [3.63, 3.8) is 0 Å². The highest BCUT2D eigenvalue weighted by molar-refractivity contribution is 8.14. The lowest BCUT2D eigenvalue weighted by Crippen LogP contribution is -2.38. The van der Waals surface area contributed by atoms with E-state index < -0.39 is 0 Å².